The Bertz CT molecular complexity index is 306. The zero-order valence-corrected chi connectivity index (χ0v) is 10.5. The molecule has 1 N–H and O–H groups in total. The van der Waals surface area contributed by atoms with Crippen LogP contribution in [0.25, 0.3) is 6.08 Å². The van der Waals surface area contributed by atoms with Crippen molar-refractivity contribution in [3.63, 3.8) is 0 Å². The maximum Gasteiger partial charge on any atom is 0.0340 e. The third-order valence-electron chi connectivity index (χ3n) is 3.09. The molecule has 1 heterocycles. The molecule has 2 unspecified atom stereocenters. The Morgan fingerprint density at radius 1 is 1.50 bits per heavy atom. The second-order valence-corrected chi connectivity index (χ2v) is 4.21. The molecule has 1 aromatic heterocycles. The van der Waals surface area contributed by atoms with E-state index in [2.05, 4.69) is 42.4 Å². The Morgan fingerprint density at radius 2 is 2.31 bits per heavy atom. The second-order valence-electron chi connectivity index (χ2n) is 4.21. The minimum Gasteiger partial charge on any atom is -0.316 e. The SMILES string of the molecule is CCC(C)C(CC=Cc1cccnc1)NC. The second kappa shape index (κ2) is 7.18. The molecular formula is C14H22N2. The van der Waals surface area contributed by atoms with Crippen LogP contribution in [0.4, 0.5) is 0 Å². The Morgan fingerprint density at radius 3 is 2.88 bits per heavy atom. The molecular weight excluding hydrogens is 196 g/mol. The van der Waals surface area contributed by atoms with Crippen LogP contribution in [0.15, 0.2) is 30.6 Å². The molecule has 1 aromatic rings. The van der Waals surface area contributed by atoms with Crippen molar-refractivity contribution in [2.24, 2.45) is 5.92 Å². The number of nitrogens with zero attached hydrogens (tertiary/aromatic N) is 1. The van der Waals surface area contributed by atoms with Gasteiger partial charge in [0.15, 0.2) is 0 Å². The van der Waals surface area contributed by atoms with Crippen molar-refractivity contribution in [3.05, 3.63) is 36.2 Å². The molecule has 16 heavy (non-hydrogen) atoms. The summed E-state index contributed by atoms with van der Waals surface area (Å²) in [5, 5.41) is 3.37. The Labute approximate surface area is 98.8 Å². The normalized spacial score (nSPS) is 15.2. The predicted molar refractivity (Wildman–Crippen MR) is 70.2 cm³/mol. The van der Waals surface area contributed by atoms with Gasteiger partial charge in [0.05, 0.1) is 0 Å². The van der Waals surface area contributed by atoms with Crippen LogP contribution in [0, 0.1) is 5.92 Å². The molecule has 0 aromatic carbocycles. The van der Waals surface area contributed by atoms with E-state index in [9.17, 15) is 0 Å². The molecule has 0 spiro atoms. The van der Waals surface area contributed by atoms with Gasteiger partial charge in [0, 0.05) is 18.4 Å². The van der Waals surface area contributed by atoms with E-state index in [0.29, 0.717) is 12.0 Å². The van der Waals surface area contributed by atoms with E-state index in [1.165, 1.54) is 12.0 Å². The molecule has 0 aliphatic heterocycles. The molecule has 0 aliphatic rings. The van der Waals surface area contributed by atoms with Crippen molar-refractivity contribution in [1.29, 1.82) is 0 Å². The van der Waals surface area contributed by atoms with E-state index in [1.54, 1.807) is 6.20 Å². The summed E-state index contributed by atoms with van der Waals surface area (Å²) in [4.78, 5) is 4.09. The van der Waals surface area contributed by atoms with Gasteiger partial charge in [-0.1, -0.05) is 38.5 Å². The maximum absolute atomic E-state index is 4.09. The van der Waals surface area contributed by atoms with E-state index >= 15 is 0 Å². The lowest BCUT2D eigenvalue weighted by atomic mass is 9.96. The Hall–Kier alpha value is -1.15. The first-order valence-corrected chi connectivity index (χ1v) is 6.01. The van der Waals surface area contributed by atoms with Crippen LogP contribution in [0.1, 0.15) is 32.3 Å². The molecule has 1 rings (SSSR count). The van der Waals surface area contributed by atoms with Crippen LogP contribution in [0.5, 0.6) is 0 Å². The highest BCUT2D eigenvalue weighted by Gasteiger charge is 2.10. The molecule has 0 bridgehead atoms. The summed E-state index contributed by atoms with van der Waals surface area (Å²) in [6, 6.07) is 4.60. The lowest BCUT2D eigenvalue weighted by Gasteiger charge is -2.20. The lowest BCUT2D eigenvalue weighted by molar-refractivity contribution is 0.391. The molecule has 0 amide bonds. The highest BCUT2D eigenvalue weighted by atomic mass is 14.9. The fourth-order valence-electron chi connectivity index (χ4n) is 1.74. The first-order valence-electron chi connectivity index (χ1n) is 6.01. The standard InChI is InChI=1S/C14H22N2/c1-4-12(2)14(15-3)9-5-7-13-8-6-10-16-11-13/h5-8,10-12,14-15H,4,9H2,1-3H3. The topological polar surface area (TPSA) is 24.9 Å². The van der Waals surface area contributed by atoms with Crippen LogP contribution in [-0.2, 0) is 0 Å². The summed E-state index contributed by atoms with van der Waals surface area (Å²) < 4.78 is 0. The van der Waals surface area contributed by atoms with E-state index in [-0.39, 0.29) is 0 Å². The first-order chi connectivity index (χ1) is 7.77. The van der Waals surface area contributed by atoms with Gasteiger partial charge in [-0.05, 0) is 31.0 Å². The number of hydrogen-bond donors (Lipinski definition) is 1. The molecule has 88 valence electrons. The van der Waals surface area contributed by atoms with E-state index < -0.39 is 0 Å². The summed E-state index contributed by atoms with van der Waals surface area (Å²) in [6.07, 6.45) is 10.3. The fourth-order valence-corrected chi connectivity index (χ4v) is 1.74. The van der Waals surface area contributed by atoms with Crippen LogP contribution in [0.3, 0.4) is 0 Å². The molecule has 2 heteroatoms. The number of nitrogens with one attached hydrogen (secondary N) is 1. The third-order valence-corrected chi connectivity index (χ3v) is 3.09. The molecule has 0 saturated carbocycles. The van der Waals surface area contributed by atoms with Gasteiger partial charge < -0.3 is 5.32 Å². The van der Waals surface area contributed by atoms with Gasteiger partial charge in [-0.2, -0.15) is 0 Å². The van der Waals surface area contributed by atoms with Crippen molar-refractivity contribution in [2.45, 2.75) is 32.7 Å². The van der Waals surface area contributed by atoms with E-state index in [4.69, 9.17) is 0 Å². The summed E-state index contributed by atoms with van der Waals surface area (Å²) in [5.74, 6) is 0.712. The van der Waals surface area contributed by atoms with Crippen LogP contribution in [0.2, 0.25) is 0 Å². The highest BCUT2D eigenvalue weighted by molar-refractivity contribution is 5.47. The summed E-state index contributed by atoms with van der Waals surface area (Å²) in [5.41, 5.74) is 1.17. The van der Waals surface area contributed by atoms with Crippen molar-refractivity contribution in [3.8, 4) is 0 Å². The third kappa shape index (κ3) is 4.15. The predicted octanol–water partition coefficient (Wildman–Crippen LogP) is 3.12. The van der Waals surface area contributed by atoms with Gasteiger partial charge in [-0.15, -0.1) is 0 Å². The molecule has 0 fully saturated rings. The number of pyridine rings is 1. The summed E-state index contributed by atoms with van der Waals surface area (Å²) >= 11 is 0. The van der Waals surface area contributed by atoms with E-state index in [0.717, 1.165) is 6.42 Å². The van der Waals surface area contributed by atoms with E-state index in [1.807, 2.05) is 19.3 Å². The van der Waals surface area contributed by atoms with Gasteiger partial charge in [0.25, 0.3) is 0 Å². The fraction of sp³-hybridized carbons (Fsp3) is 0.500. The average Bonchev–Trinajstić information content (AvgIpc) is 2.35. The molecule has 2 nitrogen and oxygen atoms in total. The molecule has 0 aliphatic carbocycles. The molecule has 0 radical (unpaired) electrons. The lowest BCUT2D eigenvalue weighted by Crippen LogP contribution is -2.31. The Balaban J connectivity index is 2.46. The number of aromatic nitrogens is 1. The molecule has 2 atom stereocenters. The molecule has 0 saturated heterocycles. The van der Waals surface area contributed by atoms with Crippen LogP contribution in [-0.4, -0.2) is 18.1 Å². The van der Waals surface area contributed by atoms with Crippen molar-refractivity contribution in [1.82, 2.24) is 10.3 Å². The quantitative estimate of drug-likeness (QED) is 0.793. The van der Waals surface area contributed by atoms with Gasteiger partial charge in [0.1, 0.15) is 0 Å². The minimum absolute atomic E-state index is 0.568. The van der Waals surface area contributed by atoms with Crippen molar-refractivity contribution in [2.75, 3.05) is 7.05 Å². The maximum atomic E-state index is 4.09. The zero-order valence-electron chi connectivity index (χ0n) is 10.5. The summed E-state index contributed by atoms with van der Waals surface area (Å²) in [7, 11) is 2.04. The number of rotatable bonds is 6. The van der Waals surface area contributed by atoms with Crippen LogP contribution < -0.4 is 5.32 Å². The van der Waals surface area contributed by atoms with Gasteiger partial charge in [-0.3, -0.25) is 4.98 Å². The van der Waals surface area contributed by atoms with Crippen molar-refractivity contribution >= 4 is 6.08 Å². The zero-order chi connectivity index (χ0) is 11.8. The summed E-state index contributed by atoms with van der Waals surface area (Å²) in [6.45, 7) is 4.53. The van der Waals surface area contributed by atoms with Crippen molar-refractivity contribution < 1.29 is 0 Å². The highest BCUT2D eigenvalue weighted by Crippen LogP contribution is 2.12. The van der Waals surface area contributed by atoms with Gasteiger partial charge in [0.2, 0.25) is 0 Å². The smallest absolute Gasteiger partial charge is 0.0340 e. The van der Waals surface area contributed by atoms with Gasteiger partial charge in [-0.25, -0.2) is 0 Å². The van der Waals surface area contributed by atoms with Gasteiger partial charge >= 0.3 is 0 Å². The Kier molecular flexibility index (Phi) is 5.79. The first kappa shape index (κ1) is 12.9. The number of hydrogen-bond acceptors (Lipinski definition) is 2. The van der Waals surface area contributed by atoms with Crippen LogP contribution >= 0.6 is 0 Å². The average molecular weight is 218 g/mol. The largest absolute Gasteiger partial charge is 0.316 e. The minimum atomic E-state index is 0.568. The monoisotopic (exact) mass is 218 g/mol.